The number of imide groups is 1. The Bertz CT molecular complexity index is 359. The number of carbonyl (C=O) groups excluding carboxylic acids is 2. The highest BCUT2D eigenvalue weighted by Gasteiger charge is 2.47. The molecule has 2 fully saturated rings. The largest absolute Gasteiger partial charge is 0.317 e. The minimum atomic E-state index is -0.0655. The molecule has 2 saturated heterocycles. The molecule has 0 aromatic rings. The van der Waals surface area contributed by atoms with Gasteiger partial charge < -0.3 is 5.32 Å². The van der Waals surface area contributed by atoms with Crippen molar-refractivity contribution in [1.82, 2.24) is 10.2 Å². The van der Waals surface area contributed by atoms with Crippen molar-refractivity contribution in [3.8, 4) is 0 Å². The molecule has 1 N–H and O–H groups in total. The Labute approximate surface area is 107 Å². The molecule has 0 saturated carbocycles. The first-order valence-electron chi connectivity index (χ1n) is 6.98. The van der Waals surface area contributed by atoms with Gasteiger partial charge in [0.2, 0.25) is 11.8 Å². The van der Waals surface area contributed by atoms with E-state index < -0.39 is 0 Å². The Hall–Kier alpha value is -1.16. The quantitative estimate of drug-likeness (QED) is 0.584. The van der Waals surface area contributed by atoms with Crippen LogP contribution in [0.25, 0.3) is 0 Å². The Morgan fingerprint density at radius 1 is 1.06 bits per heavy atom. The number of likely N-dealkylation sites (tertiary alicyclic amines) is 1. The molecule has 18 heavy (non-hydrogen) atoms. The zero-order valence-electron chi connectivity index (χ0n) is 10.6. The van der Waals surface area contributed by atoms with Crippen molar-refractivity contribution < 1.29 is 9.59 Å². The topological polar surface area (TPSA) is 49.4 Å². The smallest absolute Gasteiger partial charge is 0.233 e. The van der Waals surface area contributed by atoms with Crippen LogP contribution in [-0.2, 0) is 9.59 Å². The van der Waals surface area contributed by atoms with Crippen LogP contribution in [0.4, 0.5) is 0 Å². The summed E-state index contributed by atoms with van der Waals surface area (Å²) in [7, 11) is 0. The van der Waals surface area contributed by atoms with Crippen LogP contribution in [0, 0.1) is 17.8 Å². The molecule has 1 aliphatic carbocycles. The third-order valence-corrected chi connectivity index (χ3v) is 4.50. The molecule has 98 valence electrons. The molecule has 2 atom stereocenters. The zero-order valence-corrected chi connectivity index (χ0v) is 10.6. The normalized spacial score (nSPS) is 33.0. The Morgan fingerprint density at radius 3 is 2.17 bits per heavy atom. The Morgan fingerprint density at radius 2 is 1.61 bits per heavy atom. The summed E-state index contributed by atoms with van der Waals surface area (Å²) in [6.45, 7) is 2.66. The van der Waals surface area contributed by atoms with Gasteiger partial charge in [0.1, 0.15) is 0 Å². The van der Waals surface area contributed by atoms with Crippen molar-refractivity contribution in [3.05, 3.63) is 12.2 Å². The number of fused-ring (bicyclic) bond motifs is 1. The summed E-state index contributed by atoms with van der Waals surface area (Å²) >= 11 is 0. The summed E-state index contributed by atoms with van der Waals surface area (Å²) in [4.78, 5) is 26.1. The second kappa shape index (κ2) is 4.84. The zero-order chi connectivity index (χ0) is 12.5. The second-order valence-corrected chi connectivity index (χ2v) is 5.64. The average molecular weight is 248 g/mol. The van der Waals surface area contributed by atoms with Gasteiger partial charge in [0, 0.05) is 6.54 Å². The number of hydrogen-bond donors (Lipinski definition) is 1. The number of carbonyl (C=O) groups is 2. The van der Waals surface area contributed by atoms with Crippen LogP contribution in [0.3, 0.4) is 0 Å². The highest BCUT2D eigenvalue weighted by Crippen LogP contribution is 2.35. The van der Waals surface area contributed by atoms with Gasteiger partial charge >= 0.3 is 0 Å². The lowest BCUT2D eigenvalue weighted by Gasteiger charge is -2.26. The van der Waals surface area contributed by atoms with Crippen LogP contribution in [0.5, 0.6) is 0 Å². The highest BCUT2D eigenvalue weighted by atomic mass is 16.2. The van der Waals surface area contributed by atoms with E-state index in [-0.39, 0.29) is 23.7 Å². The molecule has 2 unspecified atom stereocenters. The van der Waals surface area contributed by atoms with Crippen LogP contribution >= 0.6 is 0 Å². The molecule has 4 nitrogen and oxygen atoms in total. The minimum Gasteiger partial charge on any atom is -0.317 e. The predicted molar refractivity (Wildman–Crippen MR) is 67.7 cm³/mol. The van der Waals surface area contributed by atoms with Crippen molar-refractivity contribution in [1.29, 1.82) is 0 Å². The maximum absolute atomic E-state index is 12.3. The van der Waals surface area contributed by atoms with E-state index in [1.807, 2.05) is 12.2 Å². The van der Waals surface area contributed by atoms with Crippen LogP contribution in [0.15, 0.2) is 12.2 Å². The second-order valence-electron chi connectivity index (χ2n) is 5.64. The van der Waals surface area contributed by atoms with Crippen molar-refractivity contribution in [2.24, 2.45) is 17.8 Å². The van der Waals surface area contributed by atoms with Gasteiger partial charge in [-0.2, -0.15) is 0 Å². The number of nitrogens with one attached hydrogen (secondary N) is 1. The van der Waals surface area contributed by atoms with Crippen molar-refractivity contribution in [2.75, 3.05) is 19.6 Å². The first kappa shape index (κ1) is 11.9. The molecule has 4 heteroatoms. The van der Waals surface area contributed by atoms with E-state index >= 15 is 0 Å². The van der Waals surface area contributed by atoms with Gasteiger partial charge in [-0.25, -0.2) is 0 Å². The van der Waals surface area contributed by atoms with E-state index in [0.29, 0.717) is 12.5 Å². The van der Waals surface area contributed by atoms with Gasteiger partial charge in [0.25, 0.3) is 0 Å². The van der Waals surface area contributed by atoms with Gasteiger partial charge in [0.15, 0.2) is 0 Å². The van der Waals surface area contributed by atoms with E-state index in [1.165, 1.54) is 0 Å². The number of amides is 2. The van der Waals surface area contributed by atoms with E-state index in [9.17, 15) is 9.59 Å². The Balaban J connectivity index is 1.69. The number of piperidine rings is 1. The third kappa shape index (κ3) is 1.99. The molecule has 2 amide bonds. The highest BCUT2D eigenvalue weighted by molar-refractivity contribution is 6.05. The molecular formula is C14H20N2O2. The van der Waals surface area contributed by atoms with Crippen molar-refractivity contribution in [3.63, 3.8) is 0 Å². The molecule has 2 aliphatic heterocycles. The van der Waals surface area contributed by atoms with Crippen LogP contribution in [0.1, 0.15) is 25.7 Å². The molecule has 0 aromatic carbocycles. The van der Waals surface area contributed by atoms with Gasteiger partial charge in [-0.15, -0.1) is 0 Å². The number of allylic oxidation sites excluding steroid dienone is 2. The first-order chi connectivity index (χ1) is 8.77. The molecule has 3 aliphatic rings. The van der Waals surface area contributed by atoms with Gasteiger partial charge in [-0.3, -0.25) is 14.5 Å². The SMILES string of the molecule is O=C1C2CC=CCC2C(=O)N1CC1CCNCC1. The minimum absolute atomic E-state index is 0.0655. The fraction of sp³-hybridized carbons (Fsp3) is 0.714. The predicted octanol–water partition coefficient (Wildman–Crippen LogP) is 0.937. The summed E-state index contributed by atoms with van der Waals surface area (Å²) < 4.78 is 0. The van der Waals surface area contributed by atoms with Crippen LogP contribution < -0.4 is 5.32 Å². The maximum atomic E-state index is 12.3. The van der Waals surface area contributed by atoms with E-state index in [1.54, 1.807) is 4.90 Å². The number of rotatable bonds is 2. The summed E-state index contributed by atoms with van der Waals surface area (Å²) in [6, 6.07) is 0. The Kier molecular flexibility index (Phi) is 3.20. The third-order valence-electron chi connectivity index (χ3n) is 4.50. The summed E-state index contributed by atoms with van der Waals surface area (Å²) in [5, 5.41) is 3.31. The first-order valence-corrected chi connectivity index (χ1v) is 6.98. The van der Waals surface area contributed by atoms with Gasteiger partial charge in [-0.1, -0.05) is 12.2 Å². The average Bonchev–Trinajstić information content (AvgIpc) is 2.66. The number of hydrogen-bond acceptors (Lipinski definition) is 3. The lowest BCUT2D eigenvalue weighted by Crippen LogP contribution is -2.39. The molecule has 3 rings (SSSR count). The van der Waals surface area contributed by atoms with Crippen molar-refractivity contribution >= 4 is 11.8 Å². The lowest BCUT2D eigenvalue weighted by atomic mass is 9.85. The van der Waals surface area contributed by atoms with E-state index in [0.717, 1.165) is 38.8 Å². The fourth-order valence-corrected chi connectivity index (χ4v) is 3.37. The molecule has 0 spiro atoms. The van der Waals surface area contributed by atoms with Crippen LogP contribution in [-0.4, -0.2) is 36.3 Å². The van der Waals surface area contributed by atoms with Crippen LogP contribution in [0.2, 0.25) is 0 Å². The molecular weight excluding hydrogens is 228 g/mol. The maximum Gasteiger partial charge on any atom is 0.233 e. The fourth-order valence-electron chi connectivity index (χ4n) is 3.37. The summed E-state index contributed by atoms with van der Waals surface area (Å²) in [6.07, 6.45) is 7.73. The molecule has 0 bridgehead atoms. The van der Waals surface area contributed by atoms with Crippen molar-refractivity contribution in [2.45, 2.75) is 25.7 Å². The molecule has 0 aromatic heterocycles. The summed E-state index contributed by atoms with van der Waals surface area (Å²) in [5.74, 6) is 0.515. The molecule has 0 radical (unpaired) electrons. The lowest BCUT2D eigenvalue weighted by molar-refractivity contribution is -0.140. The van der Waals surface area contributed by atoms with E-state index in [2.05, 4.69) is 5.32 Å². The monoisotopic (exact) mass is 248 g/mol. The van der Waals surface area contributed by atoms with E-state index in [4.69, 9.17) is 0 Å². The summed E-state index contributed by atoms with van der Waals surface area (Å²) in [5.41, 5.74) is 0. The molecule has 2 heterocycles. The van der Waals surface area contributed by atoms with Gasteiger partial charge in [0.05, 0.1) is 11.8 Å². The number of nitrogens with zero attached hydrogens (tertiary/aromatic N) is 1. The van der Waals surface area contributed by atoms with Gasteiger partial charge in [-0.05, 0) is 44.7 Å². The standard InChI is InChI=1S/C14H20N2O2/c17-13-11-3-1-2-4-12(11)14(18)16(13)9-10-5-7-15-8-6-10/h1-2,10-12,15H,3-9H2.